The lowest BCUT2D eigenvalue weighted by atomic mass is 9.96. The Kier molecular flexibility index (Phi) is 6.53. The van der Waals surface area contributed by atoms with Gasteiger partial charge in [0.15, 0.2) is 0 Å². The summed E-state index contributed by atoms with van der Waals surface area (Å²) in [6.07, 6.45) is 0. The Morgan fingerprint density at radius 3 is 1.58 bits per heavy atom. The van der Waals surface area contributed by atoms with Crippen LogP contribution in [0.2, 0.25) is 0 Å². The van der Waals surface area contributed by atoms with Gasteiger partial charge in [0, 0.05) is 33.6 Å². The second kappa shape index (κ2) is 11.5. The fourth-order valence-corrected chi connectivity index (χ4v) is 7.46. The Labute approximate surface area is 290 Å². The van der Waals surface area contributed by atoms with Crippen molar-refractivity contribution in [3.8, 4) is 22.3 Å². The van der Waals surface area contributed by atoms with Crippen LogP contribution in [0, 0.1) is 0 Å². The van der Waals surface area contributed by atoms with E-state index < -0.39 is 0 Å². The number of hydrogen-bond donors (Lipinski definition) is 0. The van der Waals surface area contributed by atoms with Gasteiger partial charge in [0.1, 0.15) is 11.2 Å². The lowest BCUT2D eigenvalue weighted by Gasteiger charge is -2.27. The first-order valence-electron chi connectivity index (χ1n) is 17.1. The van der Waals surface area contributed by atoms with Gasteiger partial charge in [-0.1, -0.05) is 127 Å². The highest BCUT2D eigenvalue weighted by Gasteiger charge is 2.18. The molecule has 2 nitrogen and oxygen atoms in total. The van der Waals surface area contributed by atoms with Crippen molar-refractivity contribution >= 4 is 71.3 Å². The van der Waals surface area contributed by atoms with E-state index in [1.54, 1.807) is 0 Å². The van der Waals surface area contributed by atoms with E-state index in [4.69, 9.17) is 4.42 Å². The molecule has 1 heterocycles. The summed E-state index contributed by atoms with van der Waals surface area (Å²) in [5.74, 6) is 0. The van der Waals surface area contributed by atoms with Crippen molar-refractivity contribution in [1.29, 1.82) is 0 Å². The van der Waals surface area contributed by atoms with E-state index in [1.165, 1.54) is 54.6 Å². The SMILES string of the molecule is c1ccc2cc(-c3ccc4cc(-c5ccc(N(c6ccc7c(c6)oc6ccccc67)c6cccc7ccccc67)cc5)ccc4c3)ccc2c1. The topological polar surface area (TPSA) is 16.4 Å². The van der Waals surface area contributed by atoms with Crippen LogP contribution in [0.1, 0.15) is 0 Å². The molecule has 0 aliphatic rings. The number of nitrogens with zero attached hydrogens (tertiary/aromatic N) is 1. The summed E-state index contributed by atoms with van der Waals surface area (Å²) < 4.78 is 6.34. The van der Waals surface area contributed by atoms with Crippen molar-refractivity contribution in [3.05, 3.63) is 188 Å². The van der Waals surface area contributed by atoms with Gasteiger partial charge in [-0.25, -0.2) is 0 Å². The molecule has 0 saturated heterocycles. The zero-order chi connectivity index (χ0) is 33.0. The fourth-order valence-electron chi connectivity index (χ4n) is 7.46. The molecule has 0 amide bonds. The molecule has 10 rings (SSSR count). The minimum absolute atomic E-state index is 0.880. The second-order valence-corrected chi connectivity index (χ2v) is 13.0. The van der Waals surface area contributed by atoms with Crippen LogP contribution in [0.25, 0.3) is 76.5 Å². The lowest BCUT2D eigenvalue weighted by Crippen LogP contribution is -2.10. The smallest absolute Gasteiger partial charge is 0.137 e. The molecule has 0 atom stereocenters. The van der Waals surface area contributed by atoms with Gasteiger partial charge >= 0.3 is 0 Å². The first kappa shape index (κ1) is 28.4. The van der Waals surface area contributed by atoms with Crippen molar-refractivity contribution in [2.24, 2.45) is 0 Å². The molecular formula is C48H31NO. The van der Waals surface area contributed by atoms with E-state index in [1.807, 2.05) is 12.1 Å². The monoisotopic (exact) mass is 637 g/mol. The van der Waals surface area contributed by atoms with Gasteiger partial charge in [0.25, 0.3) is 0 Å². The van der Waals surface area contributed by atoms with Crippen molar-refractivity contribution < 1.29 is 4.42 Å². The zero-order valence-corrected chi connectivity index (χ0v) is 27.3. The number of benzene rings is 9. The van der Waals surface area contributed by atoms with E-state index in [0.717, 1.165) is 39.0 Å². The van der Waals surface area contributed by atoms with Crippen LogP contribution in [0.4, 0.5) is 17.1 Å². The predicted molar refractivity (Wildman–Crippen MR) is 212 cm³/mol. The fraction of sp³-hybridized carbons (Fsp3) is 0. The highest BCUT2D eigenvalue weighted by molar-refractivity contribution is 6.07. The Bertz CT molecular complexity index is 2870. The molecule has 1 aromatic heterocycles. The lowest BCUT2D eigenvalue weighted by molar-refractivity contribution is 0.669. The molecule has 9 aromatic carbocycles. The summed E-state index contributed by atoms with van der Waals surface area (Å²) in [7, 11) is 0. The van der Waals surface area contributed by atoms with Crippen molar-refractivity contribution in [1.82, 2.24) is 0 Å². The van der Waals surface area contributed by atoms with Crippen LogP contribution < -0.4 is 4.90 Å². The van der Waals surface area contributed by atoms with Gasteiger partial charge < -0.3 is 9.32 Å². The maximum absolute atomic E-state index is 6.34. The predicted octanol–water partition coefficient (Wildman–Crippen LogP) is 13.8. The van der Waals surface area contributed by atoms with E-state index in [0.29, 0.717) is 0 Å². The minimum Gasteiger partial charge on any atom is -0.456 e. The third-order valence-corrected chi connectivity index (χ3v) is 10.0. The Morgan fingerprint density at radius 1 is 0.300 bits per heavy atom. The molecule has 0 bridgehead atoms. The molecule has 0 aliphatic carbocycles. The summed E-state index contributed by atoms with van der Waals surface area (Å²) >= 11 is 0. The third-order valence-electron chi connectivity index (χ3n) is 10.0. The molecule has 0 unspecified atom stereocenters. The molecule has 10 aromatic rings. The van der Waals surface area contributed by atoms with E-state index in [-0.39, 0.29) is 0 Å². The number of fused-ring (bicyclic) bond motifs is 6. The molecule has 0 aliphatic heterocycles. The Hall–Kier alpha value is -6.64. The van der Waals surface area contributed by atoms with Crippen molar-refractivity contribution in [3.63, 3.8) is 0 Å². The molecule has 0 saturated carbocycles. The molecule has 234 valence electrons. The summed E-state index contributed by atoms with van der Waals surface area (Å²) in [6, 6.07) is 67.6. The Morgan fingerprint density at radius 2 is 0.820 bits per heavy atom. The van der Waals surface area contributed by atoms with Crippen LogP contribution >= 0.6 is 0 Å². The molecule has 0 radical (unpaired) electrons. The number of para-hydroxylation sites is 1. The average molecular weight is 638 g/mol. The largest absolute Gasteiger partial charge is 0.456 e. The Balaban J connectivity index is 1.03. The number of furan rings is 1. The quantitative estimate of drug-likeness (QED) is 0.187. The molecule has 0 N–H and O–H groups in total. The highest BCUT2D eigenvalue weighted by atomic mass is 16.3. The van der Waals surface area contributed by atoms with Crippen LogP contribution in [-0.4, -0.2) is 0 Å². The summed E-state index contributed by atoms with van der Waals surface area (Å²) in [5, 5.41) is 9.65. The summed E-state index contributed by atoms with van der Waals surface area (Å²) in [5.41, 5.74) is 9.89. The van der Waals surface area contributed by atoms with Gasteiger partial charge in [-0.2, -0.15) is 0 Å². The highest BCUT2D eigenvalue weighted by Crippen LogP contribution is 2.42. The number of hydrogen-bond acceptors (Lipinski definition) is 2. The van der Waals surface area contributed by atoms with Gasteiger partial charge in [-0.05, 0) is 104 Å². The second-order valence-electron chi connectivity index (χ2n) is 13.0. The van der Waals surface area contributed by atoms with E-state index >= 15 is 0 Å². The van der Waals surface area contributed by atoms with E-state index in [9.17, 15) is 0 Å². The maximum atomic E-state index is 6.34. The van der Waals surface area contributed by atoms with Crippen LogP contribution in [-0.2, 0) is 0 Å². The molecule has 2 heteroatoms. The summed E-state index contributed by atoms with van der Waals surface area (Å²) in [4.78, 5) is 2.34. The van der Waals surface area contributed by atoms with Gasteiger partial charge in [-0.3, -0.25) is 0 Å². The van der Waals surface area contributed by atoms with Gasteiger partial charge in [-0.15, -0.1) is 0 Å². The zero-order valence-electron chi connectivity index (χ0n) is 27.3. The number of anilines is 3. The molecular weight excluding hydrogens is 607 g/mol. The van der Waals surface area contributed by atoms with Crippen LogP contribution in [0.15, 0.2) is 192 Å². The van der Waals surface area contributed by atoms with E-state index in [2.05, 4.69) is 181 Å². The molecule has 0 spiro atoms. The normalized spacial score (nSPS) is 11.6. The van der Waals surface area contributed by atoms with Crippen LogP contribution in [0.5, 0.6) is 0 Å². The molecule has 0 fully saturated rings. The maximum Gasteiger partial charge on any atom is 0.137 e. The third kappa shape index (κ3) is 4.81. The van der Waals surface area contributed by atoms with Crippen LogP contribution in [0.3, 0.4) is 0 Å². The van der Waals surface area contributed by atoms with Crippen molar-refractivity contribution in [2.75, 3.05) is 4.90 Å². The summed E-state index contributed by atoms with van der Waals surface area (Å²) in [6.45, 7) is 0. The first-order valence-corrected chi connectivity index (χ1v) is 17.1. The standard InChI is InChI=1S/C48H31NO/c1-2-10-35-28-37(17-16-32(35)8-1)40-21-20-38-29-36(18-19-39(38)30-40)33-22-24-41(25-23-33)49(46-14-7-11-34-9-3-4-12-43(34)46)42-26-27-45-44-13-5-6-15-47(44)50-48(45)31-42/h1-31H. The van der Waals surface area contributed by atoms with Crippen molar-refractivity contribution in [2.45, 2.75) is 0 Å². The average Bonchev–Trinajstić information content (AvgIpc) is 3.56. The first-order chi connectivity index (χ1) is 24.7. The van der Waals surface area contributed by atoms with Gasteiger partial charge in [0.05, 0.1) is 5.69 Å². The minimum atomic E-state index is 0.880. The molecule has 50 heavy (non-hydrogen) atoms. The number of rotatable bonds is 5. The van der Waals surface area contributed by atoms with Gasteiger partial charge in [0.2, 0.25) is 0 Å².